The summed E-state index contributed by atoms with van der Waals surface area (Å²) >= 11 is 0. The summed E-state index contributed by atoms with van der Waals surface area (Å²) in [6.07, 6.45) is 6.11. The van der Waals surface area contributed by atoms with Crippen molar-refractivity contribution in [3.05, 3.63) is 0 Å². The van der Waals surface area contributed by atoms with Crippen LogP contribution >= 0.6 is 0 Å². The normalized spacial score (nSPS) is 7.55. The van der Waals surface area contributed by atoms with E-state index in [9.17, 15) is 0 Å². The quantitative estimate of drug-likeness (QED) is 0.573. The molecule has 0 radical (unpaired) electrons. The van der Waals surface area contributed by atoms with E-state index >= 15 is 0 Å². The topological polar surface area (TPSA) is 98.0 Å². The summed E-state index contributed by atoms with van der Waals surface area (Å²) < 4.78 is 0. The van der Waals surface area contributed by atoms with Crippen molar-refractivity contribution < 1.29 is 51.4 Å². The minimum absolute atomic E-state index is 0. The monoisotopic (exact) mass is 372 g/mol. The Balaban J connectivity index is -0.0000000494. The Hall–Kier alpha value is 0.233. The van der Waals surface area contributed by atoms with E-state index in [1.807, 2.05) is 0 Å². The maximum atomic E-state index is 9.00. The van der Waals surface area contributed by atoms with Crippen LogP contribution in [-0.4, -0.2) is 46.2 Å². The van der Waals surface area contributed by atoms with Crippen molar-refractivity contribution in [1.82, 2.24) is 0 Å². The first-order chi connectivity index (χ1) is 8.97. The van der Waals surface area contributed by atoms with Crippen molar-refractivity contribution in [2.45, 2.75) is 66.2 Å². The second-order valence-corrected chi connectivity index (χ2v) is 3.75. The van der Waals surface area contributed by atoms with Crippen molar-refractivity contribution >= 4 is 5.97 Å². The van der Waals surface area contributed by atoms with Gasteiger partial charge in [-0.25, -0.2) is 0 Å². The van der Waals surface area contributed by atoms with Crippen LogP contribution in [0.5, 0.6) is 0 Å². The van der Waals surface area contributed by atoms with Crippen LogP contribution in [0.4, 0.5) is 0 Å². The zero-order valence-electron chi connectivity index (χ0n) is 13.6. The van der Waals surface area contributed by atoms with Crippen molar-refractivity contribution in [3.63, 3.8) is 0 Å². The van der Waals surface area contributed by atoms with E-state index in [2.05, 4.69) is 20.8 Å². The number of hydrogen-bond acceptors (Lipinski definition) is 4. The minimum Gasteiger partial charge on any atom is -0.481 e. The molecule has 0 aromatic carbocycles. The van der Waals surface area contributed by atoms with Gasteiger partial charge in [-0.15, -0.1) is 0 Å². The summed E-state index contributed by atoms with van der Waals surface area (Å²) in [5.74, 6) is -0.833. The van der Waals surface area contributed by atoms with Gasteiger partial charge in [-0.05, 0) is 19.3 Å². The zero-order valence-corrected chi connectivity index (χ0v) is 16.0. The molecule has 4 N–H and O–H groups in total. The average Bonchev–Trinajstić information content (AvgIpc) is 2.33. The summed E-state index contributed by atoms with van der Waals surface area (Å²) in [5, 5.41) is 31.6. The number of aliphatic carboxylic acids is 1. The van der Waals surface area contributed by atoms with Gasteiger partial charge in [0, 0.05) is 52.9 Å². The van der Waals surface area contributed by atoms with Gasteiger partial charge in [-0.2, -0.15) is 0 Å². The van der Waals surface area contributed by atoms with Crippen molar-refractivity contribution in [2.75, 3.05) is 19.8 Å². The molecule has 0 amide bonds. The maximum Gasteiger partial charge on any atom is 0.300 e. The van der Waals surface area contributed by atoms with E-state index < -0.39 is 5.97 Å². The summed E-state index contributed by atoms with van der Waals surface area (Å²) in [6, 6.07) is 0. The molecule has 0 aliphatic heterocycles. The molecular weight excluding hydrogens is 339 g/mol. The second-order valence-electron chi connectivity index (χ2n) is 3.75. The van der Waals surface area contributed by atoms with Crippen LogP contribution in [0.2, 0.25) is 0 Å². The molecule has 20 heavy (non-hydrogen) atoms. The SMILES string of the molecule is CC(=O)O.CCCCO.CCCCO.CCCCO.[Zr]. The first-order valence-corrected chi connectivity index (χ1v) is 7.00. The number of carboxylic acid groups (broad SMARTS) is 1. The third-order valence-electron chi connectivity index (χ3n) is 1.54. The molecule has 0 fully saturated rings. The molecule has 0 rings (SSSR count). The van der Waals surface area contributed by atoms with Crippen LogP contribution < -0.4 is 0 Å². The van der Waals surface area contributed by atoms with E-state index in [-0.39, 0.29) is 26.2 Å². The Morgan fingerprint density at radius 3 is 0.900 bits per heavy atom. The summed E-state index contributed by atoms with van der Waals surface area (Å²) in [6.45, 7) is 8.27. The van der Waals surface area contributed by atoms with Crippen LogP contribution in [0.3, 0.4) is 0 Å². The zero-order chi connectivity index (χ0) is 15.9. The molecule has 5 nitrogen and oxygen atoms in total. The van der Waals surface area contributed by atoms with Crippen molar-refractivity contribution in [3.8, 4) is 0 Å². The fourth-order valence-electron chi connectivity index (χ4n) is 0.474. The first-order valence-electron chi connectivity index (χ1n) is 7.00. The molecule has 6 heteroatoms. The van der Waals surface area contributed by atoms with E-state index in [0.29, 0.717) is 19.8 Å². The van der Waals surface area contributed by atoms with Gasteiger partial charge in [0.1, 0.15) is 0 Å². The fraction of sp³-hybridized carbons (Fsp3) is 0.929. The number of aliphatic hydroxyl groups excluding tert-OH is 3. The third-order valence-corrected chi connectivity index (χ3v) is 1.54. The average molecular weight is 374 g/mol. The van der Waals surface area contributed by atoms with E-state index in [1.165, 1.54) is 0 Å². The predicted octanol–water partition coefficient (Wildman–Crippen LogP) is 2.42. The number of rotatable bonds is 6. The van der Waals surface area contributed by atoms with Crippen LogP contribution in [0.1, 0.15) is 66.2 Å². The summed E-state index contributed by atoms with van der Waals surface area (Å²) in [7, 11) is 0. The van der Waals surface area contributed by atoms with E-state index in [1.54, 1.807) is 0 Å². The summed E-state index contributed by atoms with van der Waals surface area (Å²) in [5.41, 5.74) is 0. The van der Waals surface area contributed by atoms with Gasteiger partial charge in [0.15, 0.2) is 0 Å². The van der Waals surface area contributed by atoms with Gasteiger partial charge >= 0.3 is 0 Å². The molecule has 0 aromatic rings. The Labute approximate surface area is 143 Å². The molecule has 0 heterocycles. The van der Waals surface area contributed by atoms with Gasteiger partial charge in [0.05, 0.1) is 0 Å². The van der Waals surface area contributed by atoms with Gasteiger partial charge < -0.3 is 20.4 Å². The fourth-order valence-corrected chi connectivity index (χ4v) is 0.474. The molecule has 0 saturated heterocycles. The van der Waals surface area contributed by atoms with Crippen LogP contribution in [0.15, 0.2) is 0 Å². The molecule has 0 aromatic heterocycles. The predicted molar refractivity (Wildman–Crippen MR) is 79.3 cm³/mol. The number of carboxylic acids is 1. The van der Waals surface area contributed by atoms with Crippen molar-refractivity contribution in [2.24, 2.45) is 0 Å². The summed E-state index contributed by atoms with van der Waals surface area (Å²) in [4.78, 5) is 9.00. The largest absolute Gasteiger partial charge is 0.481 e. The molecular formula is C14H34O5Zr. The Bertz CT molecular complexity index is 110. The third kappa shape index (κ3) is 139. The molecule has 0 spiro atoms. The molecule has 0 aliphatic carbocycles. The second kappa shape index (κ2) is 42.7. The molecule has 0 bridgehead atoms. The molecule has 124 valence electrons. The van der Waals surface area contributed by atoms with Crippen LogP contribution in [-0.2, 0) is 31.0 Å². The minimum atomic E-state index is -0.833. The van der Waals surface area contributed by atoms with Gasteiger partial charge in [-0.3, -0.25) is 4.79 Å². The van der Waals surface area contributed by atoms with Crippen LogP contribution in [0.25, 0.3) is 0 Å². The molecule has 0 atom stereocenters. The van der Waals surface area contributed by atoms with Gasteiger partial charge in [0.2, 0.25) is 0 Å². The van der Waals surface area contributed by atoms with E-state index in [4.69, 9.17) is 25.2 Å². The maximum absolute atomic E-state index is 9.00. The number of carbonyl (C=O) groups is 1. The number of aliphatic hydroxyl groups is 3. The van der Waals surface area contributed by atoms with Crippen molar-refractivity contribution in [1.29, 1.82) is 0 Å². The van der Waals surface area contributed by atoms with E-state index in [0.717, 1.165) is 45.4 Å². The smallest absolute Gasteiger partial charge is 0.300 e. The standard InChI is InChI=1S/3C4H10O.C2H4O2.Zr/c3*1-2-3-4-5;1-2(3)4;/h3*5H,2-4H2,1H3;1H3,(H,3,4);. The first kappa shape index (κ1) is 32.3. The number of hydrogen-bond donors (Lipinski definition) is 4. The Kier molecular flexibility index (Phi) is 68.9. The van der Waals surface area contributed by atoms with Crippen LogP contribution in [0, 0.1) is 0 Å². The Morgan fingerprint density at radius 2 is 0.900 bits per heavy atom. The molecule has 0 aliphatic rings. The molecule has 0 saturated carbocycles. The molecule has 0 unspecified atom stereocenters. The van der Waals surface area contributed by atoms with Gasteiger partial charge in [-0.1, -0.05) is 40.0 Å². The Morgan fingerprint density at radius 1 is 0.750 bits per heavy atom. The van der Waals surface area contributed by atoms with Gasteiger partial charge in [0.25, 0.3) is 5.97 Å². The number of unbranched alkanes of at least 4 members (excludes halogenated alkanes) is 3.